The Bertz CT molecular complexity index is 794. The average Bonchev–Trinajstić information content (AvgIpc) is 2.90. The largest absolute Gasteiger partial charge is 0.379 e. The minimum absolute atomic E-state index is 0.0264. The molecule has 0 spiro atoms. The van der Waals surface area contributed by atoms with Crippen molar-refractivity contribution in [2.24, 2.45) is 5.92 Å². The molecule has 1 aromatic carbocycles. The number of benzene rings is 1. The predicted octanol–water partition coefficient (Wildman–Crippen LogP) is 2.90. The summed E-state index contributed by atoms with van der Waals surface area (Å²) in [5.41, 5.74) is 2.54. The maximum absolute atomic E-state index is 13.3. The summed E-state index contributed by atoms with van der Waals surface area (Å²) in [5, 5.41) is 0. The molecule has 0 bridgehead atoms. The van der Waals surface area contributed by atoms with Crippen molar-refractivity contribution in [1.82, 2.24) is 9.88 Å². The molecule has 4 rings (SSSR count). The monoisotopic (exact) mass is 369 g/mol. The lowest BCUT2D eigenvalue weighted by molar-refractivity contribution is 0.0520. The van der Waals surface area contributed by atoms with E-state index in [0.29, 0.717) is 31.9 Å². The summed E-state index contributed by atoms with van der Waals surface area (Å²) >= 11 is 0. The molecule has 3 heterocycles. The SMILES string of the molecule is Cc1ccc(C(=O)N2CC[C@H]3[C@@H](COCCN3c3ccc(F)cc3)C2)cn1. The number of pyridine rings is 1. The second kappa shape index (κ2) is 7.64. The number of nitrogens with zero attached hydrogens (tertiary/aromatic N) is 3. The van der Waals surface area contributed by atoms with Crippen LogP contribution in [-0.4, -0.2) is 54.7 Å². The molecular formula is C21H24FN3O2. The zero-order chi connectivity index (χ0) is 18.8. The van der Waals surface area contributed by atoms with Crippen LogP contribution in [0.25, 0.3) is 0 Å². The Balaban J connectivity index is 1.51. The number of amides is 1. The minimum atomic E-state index is -0.228. The third-order valence-electron chi connectivity index (χ3n) is 5.51. The molecule has 1 amide bonds. The molecule has 1 aromatic heterocycles. The first-order chi connectivity index (χ1) is 13.1. The van der Waals surface area contributed by atoms with Crippen LogP contribution >= 0.6 is 0 Å². The number of carbonyl (C=O) groups is 1. The third kappa shape index (κ3) is 3.81. The van der Waals surface area contributed by atoms with Crippen molar-refractivity contribution in [3.8, 4) is 0 Å². The highest BCUT2D eigenvalue weighted by atomic mass is 19.1. The number of fused-ring (bicyclic) bond motifs is 1. The fourth-order valence-electron chi connectivity index (χ4n) is 4.07. The van der Waals surface area contributed by atoms with Crippen molar-refractivity contribution >= 4 is 11.6 Å². The van der Waals surface area contributed by atoms with Crippen LogP contribution in [0.5, 0.6) is 0 Å². The van der Waals surface area contributed by atoms with Gasteiger partial charge in [-0.1, -0.05) is 0 Å². The van der Waals surface area contributed by atoms with E-state index in [2.05, 4.69) is 9.88 Å². The van der Waals surface area contributed by atoms with E-state index in [1.165, 1.54) is 12.1 Å². The smallest absolute Gasteiger partial charge is 0.255 e. The molecule has 0 aliphatic carbocycles. The number of rotatable bonds is 2. The summed E-state index contributed by atoms with van der Waals surface area (Å²) in [6, 6.07) is 10.6. The molecule has 2 atom stereocenters. The molecule has 0 N–H and O–H groups in total. The summed E-state index contributed by atoms with van der Waals surface area (Å²) in [4.78, 5) is 21.3. The van der Waals surface area contributed by atoms with Crippen LogP contribution in [0.4, 0.5) is 10.1 Å². The van der Waals surface area contributed by atoms with Crippen molar-refractivity contribution in [2.75, 3.05) is 37.7 Å². The van der Waals surface area contributed by atoms with Crippen LogP contribution in [0.15, 0.2) is 42.6 Å². The molecular weight excluding hydrogens is 345 g/mol. The minimum Gasteiger partial charge on any atom is -0.379 e. The molecule has 2 aliphatic rings. The van der Waals surface area contributed by atoms with Gasteiger partial charge >= 0.3 is 0 Å². The molecule has 2 saturated heterocycles. The maximum atomic E-state index is 13.3. The number of carbonyl (C=O) groups excluding carboxylic acids is 1. The first kappa shape index (κ1) is 17.9. The first-order valence-corrected chi connectivity index (χ1v) is 9.44. The molecule has 5 nitrogen and oxygen atoms in total. The number of aryl methyl sites for hydroxylation is 1. The van der Waals surface area contributed by atoms with Crippen molar-refractivity contribution < 1.29 is 13.9 Å². The fraction of sp³-hybridized carbons (Fsp3) is 0.429. The second-order valence-electron chi connectivity index (χ2n) is 7.30. The molecule has 2 fully saturated rings. The van der Waals surface area contributed by atoms with Gasteiger partial charge in [0.1, 0.15) is 5.82 Å². The number of halogens is 1. The van der Waals surface area contributed by atoms with Crippen LogP contribution in [-0.2, 0) is 4.74 Å². The summed E-state index contributed by atoms with van der Waals surface area (Å²) in [6.45, 7) is 5.33. The van der Waals surface area contributed by atoms with Gasteiger partial charge in [-0.3, -0.25) is 9.78 Å². The number of aromatic nitrogens is 1. The van der Waals surface area contributed by atoms with E-state index in [9.17, 15) is 9.18 Å². The molecule has 2 aromatic rings. The van der Waals surface area contributed by atoms with Gasteiger partial charge in [0, 0.05) is 49.2 Å². The van der Waals surface area contributed by atoms with Gasteiger partial charge < -0.3 is 14.5 Å². The molecule has 0 unspecified atom stereocenters. The average molecular weight is 369 g/mol. The summed E-state index contributed by atoms with van der Waals surface area (Å²) in [6.07, 6.45) is 2.52. The van der Waals surface area contributed by atoms with E-state index >= 15 is 0 Å². The molecule has 0 radical (unpaired) electrons. The van der Waals surface area contributed by atoms with Crippen LogP contribution in [0.1, 0.15) is 22.5 Å². The standard InChI is InChI=1S/C21H24FN3O2/c1-15-2-3-16(12-23-15)21(26)24-9-8-20-17(13-24)14-27-11-10-25(20)19-6-4-18(22)5-7-19/h2-7,12,17,20H,8-11,13-14H2,1H3/t17-,20+/m1/s1. The van der Waals surface area contributed by atoms with Crippen molar-refractivity contribution in [3.63, 3.8) is 0 Å². The summed E-state index contributed by atoms with van der Waals surface area (Å²) < 4.78 is 19.1. The van der Waals surface area contributed by atoms with E-state index < -0.39 is 0 Å². The van der Waals surface area contributed by atoms with Gasteiger partial charge in [0.2, 0.25) is 0 Å². The number of hydrogen-bond acceptors (Lipinski definition) is 4. The van der Waals surface area contributed by atoms with Gasteiger partial charge in [-0.25, -0.2) is 4.39 Å². The van der Waals surface area contributed by atoms with E-state index in [1.54, 1.807) is 6.20 Å². The van der Waals surface area contributed by atoms with E-state index in [0.717, 1.165) is 24.3 Å². The molecule has 6 heteroatoms. The lowest BCUT2D eigenvalue weighted by Crippen LogP contribution is -2.53. The molecule has 142 valence electrons. The Morgan fingerprint density at radius 3 is 2.74 bits per heavy atom. The lowest BCUT2D eigenvalue weighted by atomic mass is 9.90. The Morgan fingerprint density at radius 1 is 1.19 bits per heavy atom. The fourth-order valence-corrected chi connectivity index (χ4v) is 4.07. The highest BCUT2D eigenvalue weighted by molar-refractivity contribution is 5.94. The number of hydrogen-bond donors (Lipinski definition) is 0. The molecule has 2 aliphatic heterocycles. The van der Waals surface area contributed by atoms with Crippen molar-refractivity contribution in [1.29, 1.82) is 0 Å². The van der Waals surface area contributed by atoms with Crippen LogP contribution in [0, 0.1) is 18.7 Å². The Hall–Kier alpha value is -2.47. The van der Waals surface area contributed by atoms with Gasteiger partial charge in [0.25, 0.3) is 5.91 Å². The van der Waals surface area contributed by atoms with Crippen LogP contribution < -0.4 is 4.90 Å². The van der Waals surface area contributed by atoms with Crippen LogP contribution in [0.2, 0.25) is 0 Å². The van der Waals surface area contributed by atoms with Gasteiger partial charge in [0.05, 0.1) is 18.8 Å². The number of likely N-dealkylation sites (tertiary alicyclic amines) is 1. The number of piperidine rings is 1. The summed E-state index contributed by atoms with van der Waals surface area (Å²) in [5.74, 6) is 0.0284. The van der Waals surface area contributed by atoms with E-state index in [4.69, 9.17) is 4.74 Å². The van der Waals surface area contributed by atoms with Gasteiger partial charge in [-0.2, -0.15) is 0 Å². The van der Waals surface area contributed by atoms with Crippen molar-refractivity contribution in [2.45, 2.75) is 19.4 Å². The number of ether oxygens (including phenoxy) is 1. The quantitative estimate of drug-likeness (QED) is 0.817. The Morgan fingerprint density at radius 2 is 2.00 bits per heavy atom. The lowest BCUT2D eigenvalue weighted by Gasteiger charge is -2.43. The Labute approximate surface area is 158 Å². The van der Waals surface area contributed by atoms with Gasteiger partial charge in [0.15, 0.2) is 0 Å². The van der Waals surface area contributed by atoms with Crippen LogP contribution in [0.3, 0.4) is 0 Å². The highest BCUT2D eigenvalue weighted by Gasteiger charge is 2.37. The van der Waals surface area contributed by atoms with Gasteiger partial charge in [-0.05, 0) is 49.7 Å². The topological polar surface area (TPSA) is 45.7 Å². The van der Waals surface area contributed by atoms with E-state index in [1.807, 2.05) is 36.1 Å². The van der Waals surface area contributed by atoms with E-state index in [-0.39, 0.29) is 23.7 Å². The molecule has 27 heavy (non-hydrogen) atoms. The highest BCUT2D eigenvalue weighted by Crippen LogP contribution is 2.30. The predicted molar refractivity (Wildman–Crippen MR) is 101 cm³/mol. The third-order valence-corrected chi connectivity index (χ3v) is 5.51. The number of anilines is 1. The van der Waals surface area contributed by atoms with Crippen molar-refractivity contribution in [3.05, 3.63) is 59.7 Å². The second-order valence-corrected chi connectivity index (χ2v) is 7.30. The summed E-state index contributed by atoms with van der Waals surface area (Å²) in [7, 11) is 0. The maximum Gasteiger partial charge on any atom is 0.255 e. The zero-order valence-corrected chi connectivity index (χ0v) is 15.5. The Kier molecular flexibility index (Phi) is 5.07. The van der Waals surface area contributed by atoms with Gasteiger partial charge in [-0.15, -0.1) is 0 Å². The normalized spacial score (nSPS) is 22.9. The zero-order valence-electron chi connectivity index (χ0n) is 15.5. The first-order valence-electron chi connectivity index (χ1n) is 9.44. The molecule has 0 saturated carbocycles.